The van der Waals surface area contributed by atoms with Crippen molar-refractivity contribution in [2.24, 2.45) is 11.8 Å². The Balaban J connectivity index is 1.93. The molecule has 3 N–H and O–H groups in total. The Morgan fingerprint density at radius 3 is 2.70 bits per heavy atom. The van der Waals surface area contributed by atoms with Crippen LogP contribution in [0.15, 0.2) is 48.5 Å². The van der Waals surface area contributed by atoms with Gasteiger partial charge in [0.25, 0.3) is 0 Å². The summed E-state index contributed by atoms with van der Waals surface area (Å²) in [6.07, 6.45) is 4.73. The Hall–Kier alpha value is -2.13. The first-order valence-corrected chi connectivity index (χ1v) is 6.97. The lowest BCUT2D eigenvalue weighted by molar-refractivity contribution is -0.125. The van der Waals surface area contributed by atoms with E-state index in [4.69, 9.17) is 5.84 Å². The maximum atomic E-state index is 11.6. The second kappa shape index (κ2) is 5.47. The smallest absolute Gasteiger partial charge is 0.237 e. The van der Waals surface area contributed by atoms with Crippen molar-refractivity contribution >= 4 is 22.3 Å². The van der Waals surface area contributed by atoms with E-state index in [1.54, 1.807) is 0 Å². The Kier molecular flexibility index (Phi) is 3.52. The molecule has 0 radical (unpaired) electrons. The molecule has 0 unspecified atom stereocenters. The topological polar surface area (TPSA) is 55.1 Å². The van der Waals surface area contributed by atoms with Crippen molar-refractivity contribution in [3.05, 3.63) is 54.1 Å². The van der Waals surface area contributed by atoms with E-state index in [2.05, 4.69) is 54.0 Å². The molecule has 0 bridgehead atoms. The minimum Gasteiger partial charge on any atom is -0.294 e. The highest BCUT2D eigenvalue weighted by molar-refractivity contribution is 5.94. The molecule has 3 heteroatoms. The van der Waals surface area contributed by atoms with Gasteiger partial charge < -0.3 is 0 Å². The van der Waals surface area contributed by atoms with Gasteiger partial charge in [-0.05, 0) is 41.2 Å². The lowest BCUT2D eigenvalue weighted by Gasteiger charge is -2.21. The SMILES string of the molecule is NNC(=O)[C@@H]1CC=C(c2cccc3ccccc23)CC1. The third-order valence-corrected chi connectivity index (χ3v) is 4.06. The molecule has 0 heterocycles. The monoisotopic (exact) mass is 266 g/mol. The molecule has 20 heavy (non-hydrogen) atoms. The number of rotatable bonds is 2. The molecule has 0 fully saturated rings. The van der Waals surface area contributed by atoms with Crippen molar-refractivity contribution in [3.63, 3.8) is 0 Å². The molecule has 0 saturated heterocycles. The molecule has 2 aromatic rings. The van der Waals surface area contributed by atoms with Crippen LogP contribution in [-0.4, -0.2) is 5.91 Å². The molecule has 0 aromatic heterocycles. The fraction of sp³-hybridized carbons (Fsp3) is 0.235. The highest BCUT2D eigenvalue weighted by Crippen LogP contribution is 2.33. The largest absolute Gasteiger partial charge is 0.294 e. The fourth-order valence-corrected chi connectivity index (χ4v) is 2.94. The molecule has 3 nitrogen and oxygen atoms in total. The van der Waals surface area contributed by atoms with Crippen LogP contribution in [0.4, 0.5) is 0 Å². The van der Waals surface area contributed by atoms with Crippen LogP contribution < -0.4 is 11.3 Å². The summed E-state index contributed by atoms with van der Waals surface area (Å²) in [5.41, 5.74) is 4.87. The van der Waals surface area contributed by atoms with Gasteiger partial charge in [-0.1, -0.05) is 48.5 Å². The minimum absolute atomic E-state index is 0.0127. The molecule has 0 spiro atoms. The molecule has 1 aliphatic rings. The Bertz CT molecular complexity index is 670. The number of hydrogen-bond donors (Lipinski definition) is 2. The summed E-state index contributed by atoms with van der Waals surface area (Å²) in [7, 11) is 0. The van der Waals surface area contributed by atoms with Gasteiger partial charge in [-0.25, -0.2) is 5.84 Å². The minimum atomic E-state index is -0.0572. The number of carbonyl (C=O) groups excluding carboxylic acids is 1. The quantitative estimate of drug-likeness (QED) is 0.499. The van der Waals surface area contributed by atoms with Crippen molar-refractivity contribution in [3.8, 4) is 0 Å². The number of nitrogens with one attached hydrogen (secondary N) is 1. The zero-order valence-electron chi connectivity index (χ0n) is 11.3. The zero-order chi connectivity index (χ0) is 13.9. The number of amides is 1. The Labute approximate surface area is 118 Å². The summed E-state index contributed by atoms with van der Waals surface area (Å²) in [5.74, 6) is 5.16. The lowest BCUT2D eigenvalue weighted by Crippen LogP contribution is -2.36. The van der Waals surface area contributed by atoms with Gasteiger partial charge in [-0.2, -0.15) is 0 Å². The summed E-state index contributed by atoms with van der Waals surface area (Å²) < 4.78 is 0. The maximum absolute atomic E-state index is 11.6. The normalized spacial score (nSPS) is 18.6. The Morgan fingerprint density at radius 1 is 1.15 bits per heavy atom. The summed E-state index contributed by atoms with van der Waals surface area (Å²) in [6, 6.07) is 14.8. The van der Waals surface area contributed by atoms with E-state index in [1.165, 1.54) is 21.9 Å². The number of allylic oxidation sites excluding steroid dienone is 2. The maximum Gasteiger partial charge on any atom is 0.237 e. The second-order valence-corrected chi connectivity index (χ2v) is 5.24. The third-order valence-electron chi connectivity index (χ3n) is 4.06. The lowest BCUT2D eigenvalue weighted by atomic mass is 9.85. The zero-order valence-corrected chi connectivity index (χ0v) is 11.3. The van der Waals surface area contributed by atoms with Gasteiger partial charge in [0.1, 0.15) is 0 Å². The van der Waals surface area contributed by atoms with Crippen molar-refractivity contribution in [2.45, 2.75) is 19.3 Å². The predicted molar refractivity (Wildman–Crippen MR) is 81.6 cm³/mol. The molecule has 102 valence electrons. The summed E-state index contributed by atoms with van der Waals surface area (Å²) in [6.45, 7) is 0. The molecule has 3 rings (SSSR count). The van der Waals surface area contributed by atoms with Gasteiger partial charge in [0, 0.05) is 5.92 Å². The van der Waals surface area contributed by atoms with E-state index in [0.717, 1.165) is 19.3 Å². The van der Waals surface area contributed by atoms with Gasteiger partial charge in [-0.3, -0.25) is 10.2 Å². The highest BCUT2D eigenvalue weighted by atomic mass is 16.2. The molecule has 1 aliphatic carbocycles. The van der Waals surface area contributed by atoms with Crippen LogP contribution in [0.5, 0.6) is 0 Å². The van der Waals surface area contributed by atoms with Crippen LogP contribution in [0.2, 0.25) is 0 Å². The van der Waals surface area contributed by atoms with Gasteiger partial charge in [0.15, 0.2) is 0 Å². The van der Waals surface area contributed by atoms with E-state index in [9.17, 15) is 4.79 Å². The highest BCUT2D eigenvalue weighted by Gasteiger charge is 2.21. The first kappa shape index (κ1) is 12.9. The average molecular weight is 266 g/mol. The predicted octanol–water partition coefficient (Wildman–Crippen LogP) is 3.01. The fourth-order valence-electron chi connectivity index (χ4n) is 2.94. The van der Waals surface area contributed by atoms with Crippen molar-refractivity contribution < 1.29 is 4.79 Å². The van der Waals surface area contributed by atoms with Gasteiger partial charge in [0.05, 0.1) is 0 Å². The number of fused-ring (bicyclic) bond motifs is 1. The second-order valence-electron chi connectivity index (χ2n) is 5.24. The van der Waals surface area contributed by atoms with Crippen LogP contribution in [-0.2, 0) is 4.79 Å². The van der Waals surface area contributed by atoms with Crippen LogP contribution in [0.25, 0.3) is 16.3 Å². The standard InChI is InChI=1S/C17H18N2O/c18-19-17(20)14-10-8-13(9-11-14)16-7-3-5-12-4-1-2-6-15(12)16/h1-8,14H,9-11,18H2,(H,19,20)/t14-/m1/s1. The van der Waals surface area contributed by atoms with Crippen molar-refractivity contribution in [1.29, 1.82) is 0 Å². The molecular weight excluding hydrogens is 248 g/mol. The molecule has 1 amide bonds. The van der Waals surface area contributed by atoms with Crippen LogP contribution in [0.3, 0.4) is 0 Å². The van der Waals surface area contributed by atoms with Crippen LogP contribution in [0.1, 0.15) is 24.8 Å². The number of hydrogen-bond acceptors (Lipinski definition) is 2. The number of nitrogens with two attached hydrogens (primary N) is 1. The molecular formula is C17H18N2O. The van der Waals surface area contributed by atoms with Gasteiger partial charge in [-0.15, -0.1) is 0 Å². The summed E-state index contributed by atoms with van der Waals surface area (Å²) >= 11 is 0. The first-order chi connectivity index (χ1) is 9.79. The van der Waals surface area contributed by atoms with E-state index < -0.39 is 0 Å². The Morgan fingerprint density at radius 2 is 1.95 bits per heavy atom. The van der Waals surface area contributed by atoms with Crippen molar-refractivity contribution in [1.82, 2.24) is 5.43 Å². The molecule has 0 saturated carbocycles. The first-order valence-electron chi connectivity index (χ1n) is 6.97. The molecule has 1 atom stereocenters. The number of benzene rings is 2. The third kappa shape index (κ3) is 2.32. The van der Waals surface area contributed by atoms with E-state index >= 15 is 0 Å². The van der Waals surface area contributed by atoms with E-state index in [-0.39, 0.29) is 11.8 Å². The van der Waals surface area contributed by atoms with E-state index in [0.29, 0.717) is 0 Å². The van der Waals surface area contributed by atoms with Crippen LogP contribution >= 0.6 is 0 Å². The molecule has 0 aliphatic heterocycles. The number of hydrazine groups is 1. The summed E-state index contributed by atoms with van der Waals surface area (Å²) in [4.78, 5) is 11.6. The average Bonchev–Trinajstić information content (AvgIpc) is 2.54. The summed E-state index contributed by atoms with van der Waals surface area (Å²) in [5, 5.41) is 2.54. The van der Waals surface area contributed by atoms with Gasteiger partial charge in [0.2, 0.25) is 5.91 Å². The number of carbonyl (C=O) groups is 1. The molecule has 2 aromatic carbocycles. The van der Waals surface area contributed by atoms with Crippen LogP contribution in [0, 0.1) is 5.92 Å². The van der Waals surface area contributed by atoms with Gasteiger partial charge >= 0.3 is 0 Å². The van der Waals surface area contributed by atoms with Crippen molar-refractivity contribution in [2.75, 3.05) is 0 Å². The van der Waals surface area contributed by atoms with E-state index in [1.807, 2.05) is 0 Å².